The van der Waals surface area contributed by atoms with Gasteiger partial charge in [-0.15, -0.1) is 11.3 Å². The Morgan fingerprint density at radius 2 is 2.17 bits per heavy atom. The number of aromatic nitrogens is 2. The Morgan fingerprint density at radius 3 is 2.71 bits per heavy atom. The Bertz CT molecular complexity index is 780. The van der Waals surface area contributed by atoms with Gasteiger partial charge in [0, 0.05) is 11.1 Å². The first-order valence-corrected chi connectivity index (χ1v) is 7.99. The third-order valence-electron chi connectivity index (χ3n) is 3.38. The highest BCUT2D eigenvalue weighted by Crippen LogP contribution is 2.30. The monoisotopic (exact) mass is 351 g/mol. The minimum Gasteiger partial charge on any atom is -0.476 e. The van der Waals surface area contributed by atoms with Gasteiger partial charge in [0.1, 0.15) is 11.0 Å². The third-order valence-corrected chi connectivity index (χ3v) is 4.57. The number of carbonyl (C=O) groups is 3. The van der Waals surface area contributed by atoms with Crippen molar-refractivity contribution in [3.63, 3.8) is 0 Å². The molecular formula is C15H17N3O5S. The van der Waals surface area contributed by atoms with E-state index in [4.69, 9.17) is 9.84 Å². The summed E-state index contributed by atoms with van der Waals surface area (Å²) < 4.78 is 5.98. The highest BCUT2D eigenvalue weighted by molar-refractivity contribution is 7.16. The number of rotatable bonds is 6. The Labute approximate surface area is 142 Å². The summed E-state index contributed by atoms with van der Waals surface area (Å²) in [6.07, 6.45) is 2.14. The molecule has 1 unspecified atom stereocenters. The molecule has 0 radical (unpaired) electrons. The van der Waals surface area contributed by atoms with Crippen molar-refractivity contribution in [1.29, 1.82) is 0 Å². The summed E-state index contributed by atoms with van der Waals surface area (Å²) in [6, 6.07) is 2.26. The van der Waals surface area contributed by atoms with Gasteiger partial charge in [0.05, 0.1) is 12.7 Å². The molecule has 1 atom stereocenters. The van der Waals surface area contributed by atoms with Crippen molar-refractivity contribution in [3.05, 3.63) is 34.5 Å². The Balaban J connectivity index is 2.20. The van der Waals surface area contributed by atoms with Crippen molar-refractivity contribution in [3.8, 4) is 0 Å². The van der Waals surface area contributed by atoms with Gasteiger partial charge in [-0.3, -0.25) is 9.48 Å². The van der Waals surface area contributed by atoms with Gasteiger partial charge in [-0.25, -0.2) is 9.59 Å². The predicted molar refractivity (Wildman–Crippen MR) is 87.6 cm³/mol. The second-order valence-corrected chi connectivity index (χ2v) is 6.09. The molecule has 8 nitrogen and oxygen atoms in total. The zero-order valence-corrected chi connectivity index (χ0v) is 14.2. The number of nitrogens with one attached hydrogen (secondary N) is 1. The Hall–Kier alpha value is -2.68. The number of aromatic carboxylic acids is 1. The molecule has 0 aliphatic rings. The molecule has 0 saturated carbocycles. The number of carboxylic acid groups (broad SMARTS) is 1. The molecule has 24 heavy (non-hydrogen) atoms. The Kier molecular flexibility index (Phi) is 5.35. The van der Waals surface area contributed by atoms with Gasteiger partial charge < -0.3 is 15.2 Å². The van der Waals surface area contributed by atoms with E-state index in [2.05, 4.69) is 10.4 Å². The summed E-state index contributed by atoms with van der Waals surface area (Å²) in [7, 11) is 1.27. The maximum absolute atomic E-state index is 12.4. The molecule has 0 aliphatic carbocycles. The molecule has 1 amide bonds. The molecule has 0 saturated heterocycles. The van der Waals surface area contributed by atoms with Crippen LogP contribution >= 0.6 is 11.3 Å². The van der Waals surface area contributed by atoms with Crippen molar-refractivity contribution in [2.24, 2.45) is 0 Å². The number of nitrogens with zero attached hydrogens (tertiary/aromatic N) is 2. The van der Waals surface area contributed by atoms with Gasteiger partial charge in [-0.1, -0.05) is 6.92 Å². The van der Waals surface area contributed by atoms with Gasteiger partial charge in [0.15, 0.2) is 5.69 Å². The summed E-state index contributed by atoms with van der Waals surface area (Å²) in [5.74, 6) is -2.11. The lowest BCUT2D eigenvalue weighted by atomic mass is 10.2. The molecule has 0 fully saturated rings. The van der Waals surface area contributed by atoms with Crippen molar-refractivity contribution in [1.82, 2.24) is 9.78 Å². The first-order chi connectivity index (χ1) is 11.4. The number of aryl methyl sites for hydroxylation is 1. The van der Waals surface area contributed by atoms with Crippen molar-refractivity contribution < 1.29 is 24.2 Å². The van der Waals surface area contributed by atoms with Crippen LogP contribution in [0.3, 0.4) is 0 Å². The minimum absolute atomic E-state index is 0.144. The van der Waals surface area contributed by atoms with Gasteiger partial charge in [0.2, 0.25) is 5.91 Å². The van der Waals surface area contributed by atoms with Crippen LogP contribution in [0.15, 0.2) is 18.3 Å². The fourth-order valence-electron chi connectivity index (χ4n) is 1.98. The second-order valence-electron chi connectivity index (χ2n) is 4.95. The van der Waals surface area contributed by atoms with E-state index in [1.807, 2.05) is 6.92 Å². The summed E-state index contributed by atoms with van der Waals surface area (Å²) >= 11 is 1.30. The lowest BCUT2D eigenvalue weighted by Crippen LogP contribution is -2.24. The normalized spacial score (nSPS) is 11.8. The topological polar surface area (TPSA) is 111 Å². The third kappa shape index (κ3) is 3.62. The molecular weight excluding hydrogens is 334 g/mol. The first-order valence-electron chi connectivity index (χ1n) is 7.17. The van der Waals surface area contributed by atoms with Crippen molar-refractivity contribution in [2.45, 2.75) is 26.3 Å². The SMILES string of the molecule is CCc1cc(C(=O)OC)c(NC(=O)C(C)n2ccc(C(=O)O)n2)s1. The number of esters is 1. The van der Waals surface area contributed by atoms with E-state index >= 15 is 0 Å². The van der Waals surface area contributed by atoms with E-state index in [1.165, 1.54) is 35.4 Å². The van der Waals surface area contributed by atoms with Crippen LogP contribution in [0, 0.1) is 0 Å². The molecule has 128 valence electrons. The lowest BCUT2D eigenvalue weighted by Gasteiger charge is -2.12. The number of carbonyl (C=O) groups excluding carboxylic acids is 2. The molecule has 2 aromatic heterocycles. The van der Waals surface area contributed by atoms with Crippen LogP contribution < -0.4 is 5.32 Å². The number of thiophene rings is 1. The zero-order chi connectivity index (χ0) is 17.9. The number of anilines is 1. The first kappa shape index (κ1) is 17.7. The summed E-state index contributed by atoms with van der Waals surface area (Å²) in [5.41, 5.74) is 0.154. The lowest BCUT2D eigenvalue weighted by molar-refractivity contribution is -0.119. The van der Waals surface area contributed by atoms with Gasteiger partial charge in [0.25, 0.3) is 0 Å². The summed E-state index contributed by atoms with van der Waals surface area (Å²) in [6.45, 7) is 3.53. The molecule has 0 aliphatic heterocycles. The minimum atomic E-state index is -1.17. The van der Waals surface area contributed by atoms with E-state index in [0.29, 0.717) is 10.6 Å². The van der Waals surface area contributed by atoms with E-state index < -0.39 is 23.9 Å². The molecule has 2 rings (SSSR count). The smallest absolute Gasteiger partial charge is 0.356 e. The van der Waals surface area contributed by atoms with Gasteiger partial charge in [-0.2, -0.15) is 5.10 Å². The van der Waals surface area contributed by atoms with Crippen LogP contribution in [0.4, 0.5) is 5.00 Å². The largest absolute Gasteiger partial charge is 0.476 e. The molecule has 0 spiro atoms. The molecule has 0 bridgehead atoms. The van der Waals surface area contributed by atoms with Crippen molar-refractivity contribution in [2.75, 3.05) is 12.4 Å². The molecule has 0 aromatic carbocycles. The van der Waals surface area contributed by atoms with Crippen LogP contribution in [0.25, 0.3) is 0 Å². The summed E-state index contributed by atoms with van der Waals surface area (Å²) in [4.78, 5) is 36.0. The van der Waals surface area contributed by atoms with E-state index in [-0.39, 0.29) is 5.69 Å². The van der Waals surface area contributed by atoms with E-state index in [0.717, 1.165) is 11.3 Å². The Morgan fingerprint density at radius 1 is 1.46 bits per heavy atom. The van der Waals surface area contributed by atoms with Crippen LogP contribution in [-0.2, 0) is 16.0 Å². The molecule has 2 heterocycles. The molecule has 9 heteroatoms. The highest BCUT2D eigenvalue weighted by atomic mass is 32.1. The highest BCUT2D eigenvalue weighted by Gasteiger charge is 2.22. The standard InChI is InChI=1S/C15H17N3O5S/c1-4-9-7-10(15(22)23-3)13(24-9)16-12(19)8(2)18-6-5-11(17-18)14(20)21/h5-8H,4H2,1-3H3,(H,16,19)(H,20,21). The van der Waals surface area contributed by atoms with Crippen LogP contribution in [0.2, 0.25) is 0 Å². The van der Waals surface area contributed by atoms with Crippen LogP contribution in [0.5, 0.6) is 0 Å². The van der Waals surface area contributed by atoms with Crippen LogP contribution in [-0.4, -0.2) is 39.8 Å². The van der Waals surface area contributed by atoms with E-state index in [9.17, 15) is 14.4 Å². The molecule has 2 N–H and O–H groups in total. The maximum Gasteiger partial charge on any atom is 0.356 e. The zero-order valence-electron chi connectivity index (χ0n) is 13.4. The number of hydrogen-bond donors (Lipinski definition) is 2. The van der Waals surface area contributed by atoms with Crippen LogP contribution in [0.1, 0.15) is 45.6 Å². The summed E-state index contributed by atoms with van der Waals surface area (Å²) in [5, 5.41) is 15.8. The number of ether oxygens (including phenoxy) is 1. The van der Waals surface area contributed by atoms with Gasteiger partial charge in [-0.05, 0) is 25.5 Å². The van der Waals surface area contributed by atoms with Crippen molar-refractivity contribution >= 4 is 34.2 Å². The number of methoxy groups -OCH3 is 1. The second kappa shape index (κ2) is 7.26. The fourth-order valence-corrected chi connectivity index (χ4v) is 2.96. The quantitative estimate of drug-likeness (QED) is 0.772. The number of hydrogen-bond acceptors (Lipinski definition) is 6. The molecule has 2 aromatic rings. The fraction of sp³-hybridized carbons (Fsp3) is 0.333. The average molecular weight is 351 g/mol. The number of amides is 1. The average Bonchev–Trinajstić information content (AvgIpc) is 3.20. The van der Waals surface area contributed by atoms with E-state index in [1.54, 1.807) is 13.0 Å². The number of carboxylic acids is 1. The maximum atomic E-state index is 12.4. The van der Waals surface area contributed by atoms with Gasteiger partial charge >= 0.3 is 11.9 Å². The predicted octanol–water partition coefficient (Wildman–Crippen LogP) is 2.19.